The Morgan fingerprint density at radius 1 is 1.20 bits per heavy atom. The van der Waals surface area contributed by atoms with Crippen LogP contribution in [0.3, 0.4) is 0 Å². The van der Waals surface area contributed by atoms with Crippen molar-refractivity contribution < 1.29 is 4.74 Å². The zero-order valence-corrected chi connectivity index (χ0v) is 13.6. The first-order valence-electron chi connectivity index (χ1n) is 7.78. The highest BCUT2D eigenvalue weighted by molar-refractivity contribution is 5.38. The Morgan fingerprint density at radius 3 is 2.55 bits per heavy atom. The Bertz CT molecular complexity index is 391. The molecule has 20 heavy (non-hydrogen) atoms. The van der Waals surface area contributed by atoms with Crippen molar-refractivity contribution in [2.45, 2.75) is 59.8 Å². The summed E-state index contributed by atoms with van der Waals surface area (Å²) in [6, 6.07) is 1.90. The van der Waals surface area contributed by atoms with Gasteiger partial charge in [-0.1, -0.05) is 34.6 Å². The highest BCUT2D eigenvalue weighted by atomic mass is 16.5. The zero-order valence-electron chi connectivity index (χ0n) is 13.6. The van der Waals surface area contributed by atoms with Crippen molar-refractivity contribution in [2.75, 3.05) is 18.5 Å². The van der Waals surface area contributed by atoms with Crippen LogP contribution in [0.5, 0.6) is 5.88 Å². The van der Waals surface area contributed by atoms with Gasteiger partial charge in [0.1, 0.15) is 11.6 Å². The summed E-state index contributed by atoms with van der Waals surface area (Å²) in [6.45, 7) is 12.4. The fourth-order valence-corrected chi connectivity index (χ4v) is 1.79. The van der Waals surface area contributed by atoms with Gasteiger partial charge in [0.2, 0.25) is 5.88 Å². The van der Waals surface area contributed by atoms with E-state index in [2.05, 4.69) is 49.9 Å². The molecule has 4 nitrogen and oxygen atoms in total. The Balaban J connectivity index is 2.65. The molecule has 0 saturated carbocycles. The largest absolute Gasteiger partial charge is 0.478 e. The highest BCUT2D eigenvalue weighted by Gasteiger charge is 2.08. The molecule has 0 radical (unpaired) electrons. The molecule has 0 bridgehead atoms. The lowest BCUT2D eigenvalue weighted by molar-refractivity contribution is 0.285. The van der Waals surface area contributed by atoms with Crippen LogP contribution in [0.4, 0.5) is 5.82 Å². The Kier molecular flexibility index (Phi) is 7.34. The number of ether oxygens (including phenoxy) is 1. The van der Waals surface area contributed by atoms with Crippen LogP contribution in [0.25, 0.3) is 0 Å². The van der Waals surface area contributed by atoms with Crippen molar-refractivity contribution in [3.63, 3.8) is 0 Å². The van der Waals surface area contributed by atoms with Gasteiger partial charge in [-0.3, -0.25) is 0 Å². The maximum atomic E-state index is 5.78. The van der Waals surface area contributed by atoms with E-state index in [0.29, 0.717) is 11.8 Å². The molecule has 0 aromatic carbocycles. The molecule has 1 rings (SSSR count). The van der Waals surface area contributed by atoms with Gasteiger partial charge in [0.15, 0.2) is 0 Å². The lowest BCUT2D eigenvalue weighted by Crippen LogP contribution is -2.09. The van der Waals surface area contributed by atoms with Crippen LogP contribution < -0.4 is 10.1 Å². The van der Waals surface area contributed by atoms with Crippen molar-refractivity contribution in [1.82, 2.24) is 9.97 Å². The summed E-state index contributed by atoms with van der Waals surface area (Å²) in [5.74, 6) is 3.41. The molecule has 0 amide bonds. The van der Waals surface area contributed by atoms with Crippen LogP contribution in [0.15, 0.2) is 6.07 Å². The molecule has 4 heteroatoms. The minimum atomic E-state index is 0.302. The van der Waals surface area contributed by atoms with Crippen LogP contribution in [0.1, 0.15) is 65.6 Å². The molecule has 0 aliphatic rings. The smallest absolute Gasteiger partial charge is 0.218 e. The number of rotatable bonds is 9. The standard InChI is InChI=1S/C16H29N3O/c1-6-9-17-14-11-15(19-16(18-14)13(4)5)20-10-7-8-12(2)3/h11-13H,6-10H2,1-5H3,(H,17,18,19). The third-order valence-corrected chi connectivity index (χ3v) is 2.97. The second-order valence-electron chi connectivity index (χ2n) is 5.92. The van der Waals surface area contributed by atoms with Crippen LogP contribution >= 0.6 is 0 Å². The summed E-state index contributed by atoms with van der Waals surface area (Å²) in [5.41, 5.74) is 0. The van der Waals surface area contributed by atoms with Crippen LogP contribution in [-0.4, -0.2) is 23.1 Å². The average molecular weight is 279 g/mol. The lowest BCUT2D eigenvalue weighted by atomic mass is 10.1. The number of anilines is 1. The normalized spacial score (nSPS) is 11.2. The van der Waals surface area contributed by atoms with Crippen molar-refractivity contribution >= 4 is 5.82 Å². The summed E-state index contributed by atoms with van der Waals surface area (Å²) in [6.07, 6.45) is 3.32. The summed E-state index contributed by atoms with van der Waals surface area (Å²) in [7, 11) is 0. The summed E-state index contributed by atoms with van der Waals surface area (Å²) in [5, 5.41) is 3.31. The molecule has 1 aromatic rings. The molecule has 0 atom stereocenters. The van der Waals surface area contributed by atoms with Crippen LogP contribution in [-0.2, 0) is 0 Å². The Labute approximate surface area is 123 Å². The number of nitrogens with zero attached hydrogens (tertiary/aromatic N) is 2. The third-order valence-electron chi connectivity index (χ3n) is 2.97. The number of hydrogen-bond acceptors (Lipinski definition) is 4. The summed E-state index contributed by atoms with van der Waals surface area (Å²) in [4.78, 5) is 9.01. The maximum absolute atomic E-state index is 5.78. The van der Waals surface area contributed by atoms with E-state index >= 15 is 0 Å². The molecule has 0 fully saturated rings. The SMILES string of the molecule is CCCNc1cc(OCCCC(C)C)nc(C(C)C)n1. The van der Waals surface area contributed by atoms with Gasteiger partial charge in [0, 0.05) is 18.5 Å². The predicted molar refractivity (Wildman–Crippen MR) is 84.5 cm³/mol. The molecular weight excluding hydrogens is 250 g/mol. The zero-order chi connectivity index (χ0) is 15.0. The fraction of sp³-hybridized carbons (Fsp3) is 0.750. The fourth-order valence-electron chi connectivity index (χ4n) is 1.79. The van der Waals surface area contributed by atoms with Crippen molar-refractivity contribution in [2.24, 2.45) is 5.92 Å². The van der Waals surface area contributed by atoms with Gasteiger partial charge in [-0.25, -0.2) is 4.98 Å². The van der Waals surface area contributed by atoms with E-state index < -0.39 is 0 Å². The second kappa shape index (κ2) is 8.77. The molecule has 0 saturated heterocycles. The van der Waals surface area contributed by atoms with Gasteiger partial charge in [-0.2, -0.15) is 4.98 Å². The molecule has 114 valence electrons. The van der Waals surface area contributed by atoms with Gasteiger partial charge in [-0.15, -0.1) is 0 Å². The molecule has 1 heterocycles. The van der Waals surface area contributed by atoms with E-state index in [1.165, 1.54) is 6.42 Å². The van der Waals surface area contributed by atoms with E-state index in [1.54, 1.807) is 0 Å². The van der Waals surface area contributed by atoms with Gasteiger partial charge in [0.05, 0.1) is 6.61 Å². The average Bonchev–Trinajstić information content (AvgIpc) is 2.41. The van der Waals surface area contributed by atoms with Gasteiger partial charge in [-0.05, 0) is 25.2 Å². The van der Waals surface area contributed by atoms with Crippen molar-refractivity contribution in [3.05, 3.63) is 11.9 Å². The van der Waals surface area contributed by atoms with Gasteiger partial charge < -0.3 is 10.1 Å². The molecular formula is C16H29N3O. The topological polar surface area (TPSA) is 47.0 Å². The molecule has 1 aromatic heterocycles. The maximum Gasteiger partial charge on any atom is 0.218 e. The highest BCUT2D eigenvalue weighted by Crippen LogP contribution is 2.19. The van der Waals surface area contributed by atoms with E-state index in [-0.39, 0.29) is 0 Å². The minimum absolute atomic E-state index is 0.302. The first-order valence-corrected chi connectivity index (χ1v) is 7.78. The summed E-state index contributed by atoms with van der Waals surface area (Å²) < 4.78 is 5.78. The second-order valence-corrected chi connectivity index (χ2v) is 5.92. The third kappa shape index (κ3) is 6.22. The van der Waals surface area contributed by atoms with E-state index in [1.807, 2.05) is 6.07 Å². The lowest BCUT2D eigenvalue weighted by Gasteiger charge is -2.12. The monoisotopic (exact) mass is 279 g/mol. The minimum Gasteiger partial charge on any atom is -0.478 e. The Morgan fingerprint density at radius 2 is 1.95 bits per heavy atom. The number of nitrogens with one attached hydrogen (secondary N) is 1. The molecule has 0 aliphatic heterocycles. The first kappa shape index (κ1) is 16.7. The first-order chi connectivity index (χ1) is 9.52. The Hall–Kier alpha value is -1.32. The molecule has 0 unspecified atom stereocenters. The van der Waals surface area contributed by atoms with E-state index in [0.717, 1.165) is 43.6 Å². The van der Waals surface area contributed by atoms with E-state index in [9.17, 15) is 0 Å². The van der Waals surface area contributed by atoms with E-state index in [4.69, 9.17) is 4.74 Å². The van der Waals surface area contributed by atoms with Crippen molar-refractivity contribution in [1.29, 1.82) is 0 Å². The molecule has 0 spiro atoms. The molecule has 1 N–H and O–H groups in total. The predicted octanol–water partition coefficient (Wildman–Crippen LogP) is 4.24. The van der Waals surface area contributed by atoms with Crippen molar-refractivity contribution in [3.8, 4) is 5.88 Å². The van der Waals surface area contributed by atoms with Crippen LogP contribution in [0.2, 0.25) is 0 Å². The summed E-state index contributed by atoms with van der Waals surface area (Å²) >= 11 is 0. The van der Waals surface area contributed by atoms with Crippen LogP contribution in [0, 0.1) is 5.92 Å². The molecule has 0 aliphatic carbocycles. The number of hydrogen-bond donors (Lipinski definition) is 1. The van der Waals surface area contributed by atoms with Gasteiger partial charge >= 0.3 is 0 Å². The van der Waals surface area contributed by atoms with Gasteiger partial charge in [0.25, 0.3) is 0 Å². The quantitative estimate of drug-likeness (QED) is 0.687. The number of aromatic nitrogens is 2.